The van der Waals surface area contributed by atoms with Crippen molar-refractivity contribution in [2.45, 2.75) is 20.0 Å². The maximum atomic E-state index is 12.7. The maximum Gasteiger partial charge on any atom is 0.416 e. The number of aryl methyl sites for hydroxylation is 2. The summed E-state index contributed by atoms with van der Waals surface area (Å²) in [5.74, 6) is -0.401. The summed E-state index contributed by atoms with van der Waals surface area (Å²) in [6.07, 6.45) is -2.45. The van der Waals surface area contributed by atoms with Gasteiger partial charge in [0.1, 0.15) is 11.5 Å². The van der Waals surface area contributed by atoms with Crippen LogP contribution in [0.3, 0.4) is 0 Å². The SMILES string of the molecule is Cc1cc(C(=O)NNC(=O)/C=C/c2cc(C(F)(F)F)ccc2Cl)c(C)o1. The Hall–Kier alpha value is -2.74. The first-order valence-electron chi connectivity index (χ1n) is 7.30. The fourth-order valence-electron chi connectivity index (χ4n) is 2.10. The van der Waals surface area contributed by atoms with Gasteiger partial charge in [-0.3, -0.25) is 20.4 Å². The quantitative estimate of drug-likeness (QED) is 0.617. The molecule has 0 fully saturated rings. The third-order valence-electron chi connectivity index (χ3n) is 3.32. The van der Waals surface area contributed by atoms with Crippen molar-refractivity contribution < 1.29 is 27.2 Å². The predicted molar refractivity (Wildman–Crippen MR) is 89.3 cm³/mol. The number of carbonyl (C=O) groups is 2. The second-order valence-electron chi connectivity index (χ2n) is 5.34. The minimum absolute atomic E-state index is 0.0178. The number of alkyl halides is 3. The summed E-state index contributed by atoms with van der Waals surface area (Å²) < 4.78 is 43.3. The van der Waals surface area contributed by atoms with Gasteiger partial charge in [-0.1, -0.05) is 11.6 Å². The maximum absolute atomic E-state index is 12.7. The van der Waals surface area contributed by atoms with Gasteiger partial charge < -0.3 is 4.42 Å². The number of benzene rings is 1. The number of hydrazine groups is 1. The summed E-state index contributed by atoms with van der Waals surface area (Å²) in [7, 11) is 0. The molecule has 1 aromatic carbocycles. The first kappa shape index (κ1) is 19.6. The Morgan fingerprint density at radius 3 is 2.42 bits per heavy atom. The van der Waals surface area contributed by atoms with Gasteiger partial charge in [0.15, 0.2) is 0 Å². The lowest BCUT2D eigenvalue weighted by Crippen LogP contribution is -2.40. The highest BCUT2D eigenvalue weighted by atomic mass is 35.5. The van der Waals surface area contributed by atoms with Crippen LogP contribution >= 0.6 is 11.6 Å². The molecule has 0 aliphatic heterocycles. The second kappa shape index (κ2) is 7.65. The van der Waals surface area contributed by atoms with Crippen LogP contribution < -0.4 is 10.9 Å². The summed E-state index contributed by atoms with van der Waals surface area (Å²) in [6.45, 7) is 3.27. The second-order valence-corrected chi connectivity index (χ2v) is 5.74. The van der Waals surface area contributed by atoms with Gasteiger partial charge in [0.25, 0.3) is 11.8 Å². The molecule has 2 N–H and O–H groups in total. The molecule has 0 atom stereocenters. The Morgan fingerprint density at radius 1 is 1.15 bits per heavy atom. The van der Waals surface area contributed by atoms with Crippen LogP contribution in [0.1, 0.15) is 33.0 Å². The number of amides is 2. The van der Waals surface area contributed by atoms with Crippen LogP contribution in [-0.4, -0.2) is 11.8 Å². The molecule has 138 valence electrons. The third kappa shape index (κ3) is 4.89. The Morgan fingerprint density at radius 2 is 1.85 bits per heavy atom. The Kier molecular flexibility index (Phi) is 5.76. The summed E-state index contributed by atoms with van der Waals surface area (Å²) in [5, 5.41) is 0.0515. The molecule has 5 nitrogen and oxygen atoms in total. The van der Waals surface area contributed by atoms with Crippen molar-refractivity contribution in [1.29, 1.82) is 0 Å². The lowest BCUT2D eigenvalue weighted by atomic mass is 10.1. The van der Waals surface area contributed by atoms with E-state index in [-0.39, 0.29) is 16.1 Å². The minimum atomic E-state index is -4.52. The van der Waals surface area contributed by atoms with Crippen LogP contribution in [0.2, 0.25) is 5.02 Å². The zero-order chi connectivity index (χ0) is 19.5. The fourth-order valence-corrected chi connectivity index (χ4v) is 2.28. The highest BCUT2D eigenvalue weighted by molar-refractivity contribution is 6.32. The predicted octanol–water partition coefficient (Wildman–Crippen LogP) is 4.04. The van der Waals surface area contributed by atoms with Crippen molar-refractivity contribution in [1.82, 2.24) is 10.9 Å². The molecule has 1 aromatic heterocycles. The van der Waals surface area contributed by atoms with E-state index >= 15 is 0 Å². The van der Waals surface area contributed by atoms with Gasteiger partial charge in [-0.15, -0.1) is 0 Å². The summed E-state index contributed by atoms with van der Waals surface area (Å²) in [5.41, 5.74) is 3.68. The third-order valence-corrected chi connectivity index (χ3v) is 3.67. The van der Waals surface area contributed by atoms with Gasteiger partial charge in [0.05, 0.1) is 11.1 Å². The fraction of sp³-hybridized carbons (Fsp3) is 0.176. The lowest BCUT2D eigenvalue weighted by Gasteiger charge is -2.08. The smallest absolute Gasteiger partial charge is 0.416 e. The molecular formula is C17H14ClF3N2O3. The lowest BCUT2D eigenvalue weighted by molar-refractivity contribution is -0.137. The van der Waals surface area contributed by atoms with Crippen molar-refractivity contribution >= 4 is 29.5 Å². The number of rotatable bonds is 3. The number of hydrogen-bond donors (Lipinski definition) is 2. The highest BCUT2D eigenvalue weighted by Gasteiger charge is 2.30. The van der Waals surface area contributed by atoms with Gasteiger partial charge in [0.2, 0.25) is 0 Å². The molecule has 1 heterocycles. The summed E-state index contributed by atoms with van der Waals surface area (Å²) >= 11 is 5.83. The number of furan rings is 1. The van der Waals surface area contributed by atoms with E-state index in [4.69, 9.17) is 16.0 Å². The van der Waals surface area contributed by atoms with Crippen molar-refractivity contribution in [2.24, 2.45) is 0 Å². The van der Waals surface area contributed by atoms with E-state index in [1.807, 2.05) is 0 Å². The molecule has 2 rings (SSSR count). The van der Waals surface area contributed by atoms with Crippen LogP contribution in [0.15, 0.2) is 34.8 Å². The molecular weight excluding hydrogens is 373 g/mol. The van der Waals surface area contributed by atoms with Gasteiger partial charge in [0, 0.05) is 11.1 Å². The molecule has 9 heteroatoms. The van der Waals surface area contributed by atoms with Crippen LogP contribution in [-0.2, 0) is 11.0 Å². The molecule has 0 bridgehead atoms. The van der Waals surface area contributed by atoms with Gasteiger partial charge in [-0.25, -0.2) is 0 Å². The molecule has 0 aliphatic rings. The van der Waals surface area contributed by atoms with E-state index in [0.29, 0.717) is 11.5 Å². The standard InChI is InChI=1S/C17H14ClF3N2O3/c1-9-7-13(10(2)26-9)16(25)23-22-15(24)6-3-11-8-12(17(19,20)21)4-5-14(11)18/h3-8H,1-2H3,(H,22,24)(H,23,25)/b6-3+. The highest BCUT2D eigenvalue weighted by Crippen LogP contribution is 2.32. The Balaban J connectivity index is 2.01. The molecule has 26 heavy (non-hydrogen) atoms. The monoisotopic (exact) mass is 386 g/mol. The zero-order valence-electron chi connectivity index (χ0n) is 13.7. The molecule has 0 spiro atoms. The zero-order valence-corrected chi connectivity index (χ0v) is 14.5. The van der Waals surface area contributed by atoms with Gasteiger partial charge in [-0.05, 0) is 49.8 Å². The van der Waals surface area contributed by atoms with E-state index in [1.54, 1.807) is 13.8 Å². The largest absolute Gasteiger partial charge is 0.466 e. The number of nitrogens with one attached hydrogen (secondary N) is 2. The molecule has 0 saturated carbocycles. The van der Waals surface area contributed by atoms with Crippen molar-refractivity contribution in [2.75, 3.05) is 0 Å². The Bertz CT molecular complexity index is 873. The van der Waals surface area contributed by atoms with Crippen LogP contribution in [0, 0.1) is 13.8 Å². The normalized spacial score (nSPS) is 11.6. The average Bonchev–Trinajstić information content (AvgIpc) is 2.89. The average molecular weight is 387 g/mol. The van der Waals surface area contributed by atoms with E-state index in [9.17, 15) is 22.8 Å². The number of hydrogen-bond acceptors (Lipinski definition) is 3. The summed E-state index contributed by atoms with van der Waals surface area (Å²) in [4.78, 5) is 23.6. The first-order chi connectivity index (χ1) is 12.1. The van der Waals surface area contributed by atoms with Crippen LogP contribution in [0.4, 0.5) is 13.2 Å². The molecule has 2 amide bonds. The molecule has 0 unspecified atom stereocenters. The van der Waals surface area contributed by atoms with Crippen LogP contribution in [0.5, 0.6) is 0 Å². The number of halogens is 4. The van der Waals surface area contributed by atoms with Crippen molar-refractivity contribution in [3.63, 3.8) is 0 Å². The Labute approximate surface area is 151 Å². The molecule has 0 radical (unpaired) electrons. The van der Waals surface area contributed by atoms with Crippen molar-refractivity contribution in [3.05, 3.63) is 63.6 Å². The first-order valence-corrected chi connectivity index (χ1v) is 7.68. The topological polar surface area (TPSA) is 71.3 Å². The van der Waals surface area contributed by atoms with Gasteiger partial charge >= 0.3 is 6.18 Å². The molecule has 2 aromatic rings. The minimum Gasteiger partial charge on any atom is -0.466 e. The van der Waals surface area contributed by atoms with Crippen molar-refractivity contribution in [3.8, 4) is 0 Å². The number of carbonyl (C=O) groups excluding carboxylic acids is 2. The van der Waals surface area contributed by atoms with Crippen LogP contribution in [0.25, 0.3) is 6.08 Å². The van der Waals surface area contributed by atoms with E-state index in [0.717, 1.165) is 30.4 Å². The van der Waals surface area contributed by atoms with Gasteiger partial charge in [-0.2, -0.15) is 13.2 Å². The van der Waals surface area contributed by atoms with E-state index in [1.165, 1.54) is 6.07 Å². The molecule has 0 saturated heterocycles. The van der Waals surface area contributed by atoms with E-state index in [2.05, 4.69) is 10.9 Å². The summed E-state index contributed by atoms with van der Waals surface area (Å²) in [6, 6.07) is 4.26. The molecule has 0 aliphatic carbocycles. The van der Waals surface area contributed by atoms with E-state index < -0.39 is 23.6 Å².